The normalized spacial score (nSPS) is 20.0. The number of hydrogen-bond donors (Lipinski definition) is 1. The van der Waals surface area contributed by atoms with Crippen LogP contribution in [-0.4, -0.2) is 41.3 Å². The molecule has 1 aromatic rings. The van der Waals surface area contributed by atoms with Crippen molar-refractivity contribution in [2.75, 3.05) is 19.7 Å². The molecule has 0 saturated carbocycles. The molecular weight excluding hydrogens is 309 g/mol. The molecule has 106 valence electrons. The number of halogens is 2. The Hall–Kier alpha value is -0.330. The lowest BCUT2D eigenvalue weighted by atomic mass is 9.93. The predicted molar refractivity (Wildman–Crippen MR) is 76.3 cm³/mol. The molecular formula is C12H15Cl2NO3S. The summed E-state index contributed by atoms with van der Waals surface area (Å²) in [5, 5.41) is 8.62. The summed E-state index contributed by atoms with van der Waals surface area (Å²) < 4.78 is 6.77. The molecule has 1 N–H and O–H groups in total. The zero-order valence-electron chi connectivity index (χ0n) is 10.7. The highest BCUT2D eigenvalue weighted by Gasteiger charge is 2.43. The minimum absolute atomic E-state index is 0.151. The van der Waals surface area contributed by atoms with Gasteiger partial charge in [-0.1, -0.05) is 23.2 Å². The topological polar surface area (TPSA) is 49.8 Å². The maximum atomic E-state index is 10.5. The summed E-state index contributed by atoms with van der Waals surface area (Å²) in [6, 6.07) is 2.03. The first-order valence-electron chi connectivity index (χ1n) is 5.85. The van der Waals surface area contributed by atoms with Gasteiger partial charge in [0.1, 0.15) is 6.61 Å². The van der Waals surface area contributed by atoms with E-state index in [2.05, 4.69) is 11.8 Å². The van der Waals surface area contributed by atoms with E-state index in [9.17, 15) is 4.79 Å². The Balaban J connectivity index is 1.92. The van der Waals surface area contributed by atoms with E-state index in [0.29, 0.717) is 21.8 Å². The Morgan fingerprint density at radius 1 is 1.63 bits per heavy atom. The lowest BCUT2D eigenvalue weighted by Crippen LogP contribution is -2.62. The average molecular weight is 324 g/mol. The second-order valence-electron chi connectivity index (χ2n) is 4.99. The number of carboxylic acid groups (broad SMARTS) is 1. The van der Waals surface area contributed by atoms with E-state index in [-0.39, 0.29) is 18.2 Å². The average Bonchev–Trinajstić information content (AvgIpc) is 2.61. The largest absolute Gasteiger partial charge is 0.480 e. The Bertz CT molecular complexity index is 485. The van der Waals surface area contributed by atoms with Gasteiger partial charge in [-0.15, -0.1) is 11.3 Å². The molecule has 0 spiro atoms. The number of ether oxygens (including phenoxy) is 1. The molecule has 7 heteroatoms. The van der Waals surface area contributed by atoms with Gasteiger partial charge in [-0.25, -0.2) is 4.79 Å². The van der Waals surface area contributed by atoms with E-state index in [1.165, 1.54) is 11.3 Å². The van der Waals surface area contributed by atoms with Crippen molar-refractivity contribution in [3.8, 4) is 0 Å². The molecule has 0 aliphatic carbocycles. The highest BCUT2D eigenvalue weighted by atomic mass is 35.5. The van der Waals surface area contributed by atoms with Crippen LogP contribution in [0, 0.1) is 0 Å². The molecule has 19 heavy (non-hydrogen) atoms. The fourth-order valence-electron chi connectivity index (χ4n) is 2.25. The van der Waals surface area contributed by atoms with E-state index in [1.807, 2.05) is 13.0 Å². The molecule has 1 aliphatic heterocycles. The fraction of sp³-hybridized carbons (Fsp3) is 0.583. The number of carboxylic acids is 1. The molecule has 4 nitrogen and oxygen atoms in total. The number of nitrogens with zero attached hydrogens (tertiary/aromatic N) is 1. The Kier molecular flexibility index (Phi) is 4.42. The van der Waals surface area contributed by atoms with Crippen LogP contribution < -0.4 is 0 Å². The molecule has 1 aliphatic rings. The van der Waals surface area contributed by atoms with Crippen LogP contribution in [0.4, 0.5) is 0 Å². The monoisotopic (exact) mass is 323 g/mol. The summed E-state index contributed by atoms with van der Waals surface area (Å²) in [7, 11) is 0. The molecule has 0 bridgehead atoms. The predicted octanol–water partition coefficient (Wildman–Crippen LogP) is 3.29. The third kappa shape index (κ3) is 3.41. The van der Waals surface area contributed by atoms with E-state index in [0.717, 1.165) is 5.56 Å². The van der Waals surface area contributed by atoms with Crippen LogP contribution in [0.25, 0.3) is 0 Å². The highest BCUT2D eigenvalue weighted by molar-refractivity contribution is 7.20. The van der Waals surface area contributed by atoms with Crippen molar-refractivity contribution in [2.45, 2.75) is 25.5 Å². The molecule has 2 rings (SSSR count). The SMILES string of the molecule is CC(c1cc(Cl)sc1Cl)N1CC(C)(OCC(=O)O)C1. The first kappa shape index (κ1) is 15.1. The van der Waals surface area contributed by atoms with Gasteiger partial charge in [-0.05, 0) is 19.9 Å². The van der Waals surface area contributed by atoms with Gasteiger partial charge >= 0.3 is 5.97 Å². The number of carbonyl (C=O) groups is 1. The summed E-state index contributed by atoms with van der Waals surface area (Å²) in [6.07, 6.45) is 0. The second kappa shape index (κ2) is 5.58. The zero-order chi connectivity index (χ0) is 14.2. The van der Waals surface area contributed by atoms with Crippen LogP contribution in [0.3, 0.4) is 0 Å². The fourth-order valence-corrected chi connectivity index (χ4v) is 3.88. The minimum atomic E-state index is -0.944. The number of aliphatic carboxylic acids is 1. The Labute approximate surface area is 125 Å². The summed E-state index contributed by atoms with van der Waals surface area (Å²) in [6.45, 7) is 5.09. The van der Waals surface area contributed by atoms with E-state index in [4.69, 9.17) is 33.0 Å². The van der Waals surface area contributed by atoms with Gasteiger partial charge in [-0.2, -0.15) is 0 Å². The van der Waals surface area contributed by atoms with Crippen LogP contribution in [-0.2, 0) is 9.53 Å². The van der Waals surface area contributed by atoms with Crippen molar-refractivity contribution >= 4 is 40.5 Å². The van der Waals surface area contributed by atoms with Gasteiger partial charge in [0, 0.05) is 24.7 Å². The van der Waals surface area contributed by atoms with Crippen molar-refractivity contribution in [1.29, 1.82) is 0 Å². The van der Waals surface area contributed by atoms with Crippen molar-refractivity contribution in [2.24, 2.45) is 0 Å². The van der Waals surface area contributed by atoms with E-state index in [1.54, 1.807) is 0 Å². The van der Waals surface area contributed by atoms with Crippen LogP contribution in [0.2, 0.25) is 8.67 Å². The van der Waals surface area contributed by atoms with E-state index < -0.39 is 5.97 Å². The Morgan fingerprint density at radius 3 is 2.74 bits per heavy atom. The van der Waals surface area contributed by atoms with Crippen LogP contribution >= 0.6 is 34.5 Å². The molecule has 1 saturated heterocycles. The number of likely N-dealkylation sites (tertiary alicyclic amines) is 1. The highest BCUT2D eigenvalue weighted by Crippen LogP contribution is 2.40. The van der Waals surface area contributed by atoms with Crippen molar-refractivity contribution in [3.63, 3.8) is 0 Å². The minimum Gasteiger partial charge on any atom is -0.480 e. The number of rotatable bonds is 5. The first-order valence-corrected chi connectivity index (χ1v) is 7.42. The van der Waals surface area contributed by atoms with Crippen molar-refractivity contribution < 1.29 is 14.6 Å². The molecule has 1 aromatic heterocycles. The molecule has 1 unspecified atom stereocenters. The second-order valence-corrected chi connectivity index (χ2v) is 7.28. The molecule has 1 fully saturated rings. The molecule has 1 atom stereocenters. The third-order valence-electron chi connectivity index (χ3n) is 3.30. The molecule has 0 aromatic carbocycles. The number of hydrogen-bond acceptors (Lipinski definition) is 4. The van der Waals surface area contributed by atoms with Crippen LogP contribution in [0.1, 0.15) is 25.5 Å². The Morgan fingerprint density at radius 2 is 2.26 bits per heavy atom. The lowest BCUT2D eigenvalue weighted by molar-refractivity contribution is -0.169. The summed E-state index contributed by atoms with van der Waals surface area (Å²) >= 11 is 13.4. The summed E-state index contributed by atoms with van der Waals surface area (Å²) in [4.78, 5) is 12.7. The quantitative estimate of drug-likeness (QED) is 0.903. The summed E-state index contributed by atoms with van der Waals surface area (Å²) in [5.74, 6) is -0.944. The molecule has 0 amide bonds. The van der Waals surface area contributed by atoms with Crippen molar-refractivity contribution in [1.82, 2.24) is 4.90 Å². The molecule has 2 heterocycles. The maximum Gasteiger partial charge on any atom is 0.329 e. The molecule has 0 radical (unpaired) electrons. The van der Waals surface area contributed by atoms with Gasteiger partial charge in [0.25, 0.3) is 0 Å². The van der Waals surface area contributed by atoms with Gasteiger partial charge in [-0.3, -0.25) is 4.90 Å². The summed E-state index contributed by atoms with van der Waals surface area (Å²) in [5.41, 5.74) is 0.621. The number of thiophene rings is 1. The first-order chi connectivity index (χ1) is 8.81. The lowest BCUT2D eigenvalue weighted by Gasteiger charge is -2.50. The van der Waals surface area contributed by atoms with Gasteiger partial charge in [0.05, 0.1) is 14.3 Å². The standard InChI is InChI=1S/C12H15Cl2NO3S/c1-7(8-3-9(13)19-11(8)14)15-5-12(2,6-15)18-4-10(16)17/h3,7H,4-6H2,1-2H3,(H,16,17). The van der Waals surface area contributed by atoms with E-state index >= 15 is 0 Å². The zero-order valence-corrected chi connectivity index (χ0v) is 13.0. The van der Waals surface area contributed by atoms with Crippen LogP contribution in [0.15, 0.2) is 6.07 Å². The van der Waals surface area contributed by atoms with Gasteiger partial charge in [0.15, 0.2) is 0 Å². The maximum absolute atomic E-state index is 10.5. The van der Waals surface area contributed by atoms with Crippen LogP contribution in [0.5, 0.6) is 0 Å². The third-order valence-corrected chi connectivity index (χ3v) is 4.82. The smallest absolute Gasteiger partial charge is 0.329 e. The van der Waals surface area contributed by atoms with Gasteiger partial charge in [0.2, 0.25) is 0 Å². The van der Waals surface area contributed by atoms with Gasteiger partial charge < -0.3 is 9.84 Å². The van der Waals surface area contributed by atoms with Crippen molar-refractivity contribution in [3.05, 3.63) is 20.3 Å².